The molecule has 0 unspecified atom stereocenters. The predicted molar refractivity (Wildman–Crippen MR) is 129 cm³/mol. The van der Waals surface area contributed by atoms with Crippen LogP contribution in [-0.4, -0.2) is 42.6 Å². The maximum absolute atomic E-state index is 11.9. The van der Waals surface area contributed by atoms with E-state index in [1.54, 1.807) is 11.1 Å². The Morgan fingerprint density at radius 2 is 2.00 bits per heavy atom. The molecule has 0 N–H and O–H groups in total. The number of carbonyl (C=O) groups excluding carboxylic acids is 1. The minimum Gasteiger partial charge on any atom is -0.470 e. The Hall–Kier alpha value is -3.52. The van der Waals surface area contributed by atoms with Gasteiger partial charge in [-0.05, 0) is 62.6 Å². The lowest BCUT2D eigenvalue weighted by Crippen LogP contribution is -2.43. The molecular formula is C25H23ClN6O2. The number of carbonyl (C=O) groups is 1. The number of fused-ring (bicyclic) bond motifs is 1. The Bertz CT molecular complexity index is 1440. The molecule has 0 atom stereocenters. The van der Waals surface area contributed by atoms with Crippen molar-refractivity contribution in [3.63, 3.8) is 0 Å². The lowest BCUT2D eigenvalue weighted by Gasteiger charge is -2.30. The normalized spacial score (nSPS) is 16.6. The largest absolute Gasteiger partial charge is 0.470 e. The van der Waals surface area contributed by atoms with Crippen molar-refractivity contribution in [1.82, 2.24) is 24.5 Å². The van der Waals surface area contributed by atoms with Gasteiger partial charge in [-0.1, -0.05) is 11.6 Å². The van der Waals surface area contributed by atoms with E-state index in [1.807, 2.05) is 41.8 Å². The second kappa shape index (κ2) is 7.77. The van der Waals surface area contributed by atoms with Gasteiger partial charge in [0, 0.05) is 30.4 Å². The highest BCUT2D eigenvalue weighted by molar-refractivity contribution is 6.33. The summed E-state index contributed by atoms with van der Waals surface area (Å²) in [5.41, 5.74) is 4.59. The number of β-lactam (4-membered cyclic amide) rings is 1. The third-order valence-electron chi connectivity index (χ3n) is 6.44. The highest BCUT2D eigenvalue weighted by Gasteiger charge is 2.41. The first kappa shape index (κ1) is 21.0. The fourth-order valence-corrected chi connectivity index (χ4v) is 4.41. The van der Waals surface area contributed by atoms with Crippen molar-refractivity contribution in [2.45, 2.75) is 45.3 Å². The molecule has 6 rings (SSSR count). The van der Waals surface area contributed by atoms with Crippen molar-refractivity contribution >= 4 is 34.4 Å². The molecule has 1 aliphatic heterocycles. The van der Waals surface area contributed by atoms with Crippen LogP contribution in [0.25, 0.3) is 22.6 Å². The maximum atomic E-state index is 11.9. The van der Waals surface area contributed by atoms with Gasteiger partial charge in [0.2, 0.25) is 11.8 Å². The zero-order valence-corrected chi connectivity index (χ0v) is 19.7. The van der Waals surface area contributed by atoms with Crippen LogP contribution < -0.4 is 9.64 Å². The molecule has 1 saturated carbocycles. The molecule has 1 amide bonds. The molecule has 172 valence electrons. The maximum Gasteiger partial charge on any atom is 0.245 e. The van der Waals surface area contributed by atoms with Crippen LogP contribution in [-0.2, 0) is 11.3 Å². The number of ether oxygens (including phenoxy) is 1. The van der Waals surface area contributed by atoms with Crippen LogP contribution in [0, 0.1) is 6.92 Å². The number of hydrogen-bond donors (Lipinski definition) is 0. The highest BCUT2D eigenvalue weighted by Crippen LogP contribution is 2.41. The van der Waals surface area contributed by atoms with Crippen LogP contribution >= 0.6 is 11.6 Å². The summed E-state index contributed by atoms with van der Waals surface area (Å²) in [5, 5.41) is 0.510. The van der Waals surface area contributed by atoms with E-state index in [9.17, 15) is 4.79 Å². The van der Waals surface area contributed by atoms with Crippen LogP contribution in [0.15, 0.2) is 42.9 Å². The van der Waals surface area contributed by atoms with Gasteiger partial charge in [-0.3, -0.25) is 9.78 Å². The number of halogens is 1. The summed E-state index contributed by atoms with van der Waals surface area (Å²) in [6.45, 7) is 5.28. The number of amides is 1. The monoisotopic (exact) mass is 474 g/mol. The van der Waals surface area contributed by atoms with E-state index >= 15 is 0 Å². The van der Waals surface area contributed by atoms with Gasteiger partial charge in [0.15, 0.2) is 11.2 Å². The molecule has 34 heavy (non-hydrogen) atoms. The van der Waals surface area contributed by atoms with Gasteiger partial charge in [0.25, 0.3) is 0 Å². The molecule has 8 nitrogen and oxygen atoms in total. The van der Waals surface area contributed by atoms with E-state index in [2.05, 4.69) is 21.9 Å². The summed E-state index contributed by atoms with van der Waals surface area (Å²) in [6, 6.07) is 9.63. The van der Waals surface area contributed by atoms with E-state index in [1.165, 1.54) is 6.33 Å². The highest BCUT2D eigenvalue weighted by atomic mass is 35.5. The van der Waals surface area contributed by atoms with Gasteiger partial charge in [-0.2, -0.15) is 4.98 Å². The summed E-state index contributed by atoms with van der Waals surface area (Å²) in [6.07, 6.45) is 5.85. The predicted octanol–water partition coefficient (Wildman–Crippen LogP) is 4.57. The second-order valence-electron chi connectivity index (χ2n) is 9.21. The molecule has 4 heterocycles. The summed E-state index contributed by atoms with van der Waals surface area (Å²) in [4.78, 5) is 32.0. The number of aryl methyl sites for hydroxylation is 1. The number of imidazole rings is 1. The molecule has 2 fully saturated rings. The minimum absolute atomic E-state index is 0.104. The fraction of sp³-hybridized carbons (Fsp3) is 0.320. The summed E-state index contributed by atoms with van der Waals surface area (Å²) >= 11 is 6.75. The van der Waals surface area contributed by atoms with Gasteiger partial charge in [-0.15, -0.1) is 0 Å². The van der Waals surface area contributed by atoms with Crippen LogP contribution in [0.5, 0.6) is 5.88 Å². The smallest absolute Gasteiger partial charge is 0.245 e. The first-order chi connectivity index (χ1) is 16.4. The molecule has 3 aromatic heterocycles. The van der Waals surface area contributed by atoms with Crippen LogP contribution in [0.4, 0.5) is 5.69 Å². The molecule has 1 aromatic carbocycles. The average Bonchev–Trinajstić information content (AvgIpc) is 3.41. The first-order valence-electron chi connectivity index (χ1n) is 11.3. The molecule has 1 aliphatic carbocycles. The number of rotatable bonds is 6. The van der Waals surface area contributed by atoms with Crippen LogP contribution in [0.1, 0.15) is 37.4 Å². The van der Waals surface area contributed by atoms with Crippen molar-refractivity contribution in [3.8, 4) is 17.3 Å². The standard InChI is InChI=1S/C25H23ClN6O2/c1-15-5-9-27-16(11-15)13-32-22(18-4-3-17(12-19(18)26)31-10-6-20(31)33)30-21-23(32)28-14-29-24(21)34-25(2)7-8-25/h3-5,9,11-12,14H,6-8,10,13H2,1-2H3. The van der Waals surface area contributed by atoms with Crippen molar-refractivity contribution in [1.29, 1.82) is 0 Å². The van der Waals surface area contributed by atoms with Gasteiger partial charge in [-0.25, -0.2) is 9.97 Å². The van der Waals surface area contributed by atoms with Crippen molar-refractivity contribution in [2.75, 3.05) is 11.4 Å². The summed E-state index contributed by atoms with van der Waals surface area (Å²) < 4.78 is 8.19. The van der Waals surface area contributed by atoms with Gasteiger partial charge >= 0.3 is 0 Å². The zero-order chi connectivity index (χ0) is 23.4. The van der Waals surface area contributed by atoms with Crippen molar-refractivity contribution in [2.24, 2.45) is 0 Å². The van der Waals surface area contributed by atoms with Crippen molar-refractivity contribution in [3.05, 3.63) is 59.1 Å². The average molecular weight is 475 g/mol. The van der Waals surface area contributed by atoms with E-state index in [4.69, 9.17) is 21.3 Å². The number of aromatic nitrogens is 5. The van der Waals surface area contributed by atoms with Gasteiger partial charge in [0.1, 0.15) is 17.8 Å². The van der Waals surface area contributed by atoms with E-state index in [0.29, 0.717) is 47.4 Å². The molecule has 9 heteroatoms. The Morgan fingerprint density at radius 1 is 1.15 bits per heavy atom. The molecule has 0 spiro atoms. The number of nitrogens with zero attached hydrogens (tertiary/aromatic N) is 6. The quantitative estimate of drug-likeness (QED) is 0.380. The Balaban J connectivity index is 1.49. The van der Waals surface area contributed by atoms with Crippen LogP contribution in [0.2, 0.25) is 5.02 Å². The zero-order valence-electron chi connectivity index (χ0n) is 19.0. The molecular weight excluding hydrogens is 452 g/mol. The van der Waals surface area contributed by atoms with E-state index < -0.39 is 0 Å². The molecule has 2 aliphatic rings. The number of benzene rings is 1. The topological polar surface area (TPSA) is 86.0 Å². The van der Waals surface area contributed by atoms with Crippen molar-refractivity contribution < 1.29 is 9.53 Å². The summed E-state index contributed by atoms with van der Waals surface area (Å²) in [5.74, 6) is 1.23. The number of pyridine rings is 1. The lowest BCUT2D eigenvalue weighted by molar-refractivity contribution is -0.122. The fourth-order valence-electron chi connectivity index (χ4n) is 4.15. The molecule has 4 aromatic rings. The van der Waals surface area contributed by atoms with E-state index in [-0.39, 0.29) is 11.5 Å². The van der Waals surface area contributed by atoms with E-state index in [0.717, 1.165) is 35.3 Å². The first-order valence-corrected chi connectivity index (χ1v) is 11.7. The second-order valence-corrected chi connectivity index (χ2v) is 9.62. The molecule has 0 radical (unpaired) electrons. The van der Waals surface area contributed by atoms with Crippen LogP contribution in [0.3, 0.4) is 0 Å². The molecule has 0 bridgehead atoms. The minimum atomic E-state index is -0.202. The third kappa shape index (κ3) is 3.68. The molecule has 1 saturated heterocycles. The Morgan fingerprint density at radius 3 is 2.68 bits per heavy atom. The van der Waals surface area contributed by atoms with Gasteiger partial charge in [0.05, 0.1) is 17.3 Å². The Kier molecular flexibility index (Phi) is 4.81. The van der Waals surface area contributed by atoms with Gasteiger partial charge < -0.3 is 14.2 Å². The third-order valence-corrected chi connectivity index (χ3v) is 6.76. The lowest BCUT2D eigenvalue weighted by atomic mass is 10.1. The SMILES string of the molecule is Cc1ccnc(Cn2c(-c3ccc(N4CCC4=O)cc3Cl)nc3c(OC4(C)CC4)ncnc32)c1. The number of hydrogen-bond acceptors (Lipinski definition) is 6. The number of anilines is 1. The Labute approximate surface area is 201 Å². The summed E-state index contributed by atoms with van der Waals surface area (Å²) in [7, 11) is 0.